The molecule has 1 aromatic heterocycles. The number of aryl methyl sites for hydroxylation is 1. The summed E-state index contributed by atoms with van der Waals surface area (Å²) in [5.41, 5.74) is 3.21. The van der Waals surface area contributed by atoms with Crippen molar-refractivity contribution in [1.29, 1.82) is 0 Å². The first-order valence-corrected chi connectivity index (χ1v) is 6.40. The summed E-state index contributed by atoms with van der Waals surface area (Å²) in [5, 5.41) is 3.16. The third-order valence-corrected chi connectivity index (χ3v) is 3.64. The van der Waals surface area contributed by atoms with E-state index in [2.05, 4.69) is 10.3 Å². The third-order valence-electron chi connectivity index (χ3n) is 2.83. The topological polar surface area (TPSA) is 24.9 Å². The minimum Gasteiger partial charge on any atom is -0.313 e. The molecule has 0 aliphatic heterocycles. The molecule has 2 nitrogen and oxygen atoms in total. The fourth-order valence-corrected chi connectivity index (χ4v) is 2.49. The number of rotatable bonds is 4. The maximum atomic E-state index is 14.0. The van der Waals surface area contributed by atoms with Crippen LogP contribution in [-0.4, -0.2) is 12.0 Å². The summed E-state index contributed by atoms with van der Waals surface area (Å²) < 4.78 is 14.0. The molecule has 0 radical (unpaired) electrons. The highest BCUT2D eigenvalue weighted by Gasteiger charge is 2.16. The highest BCUT2D eigenvalue weighted by Crippen LogP contribution is 2.24. The number of benzene rings is 1. The van der Waals surface area contributed by atoms with E-state index in [4.69, 9.17) is 0 Å². The molecule has 0 amide bonds. The molecule has 0 aliphatic rings. The summed E-state index contributed by atoms with van der Waals surface area (Å²) in [7, 11) is 1.85. The van der Waals surface area contributed by atoms with Gasteiger partial charge in [-0.15, -0.1) is 11.3 Å². The number of nitrogens with one attached hydrogen (secondary N) is 1. The first-order chi connectivity index (χ1) is 8.22. The highest BCUT2D eigenvalue weighted by molar-refractivity contribution is 7.09. The predicted molar refractivity (Wildman–Crippen MR) is 68.8 cm³/mol. The van der Waals surface area contributed by atoms with Crippen LogP contribution in [-0.2, 0) is 6.42 Å². The predicted octanol–water partition coefficient (Wildman–Crippen LogP) is 3.09. The molecule has 1 heterocycles. The fourth-order valence-electron chi connectivity index (χ4n) is 1.85. The summed E-state index contributed by atoms with van der Waals surface area (Å²) in [6.45, 7) is 1.79. The van der Waals surface area contributed by atoms with Crippen LogP contribution in [0.1, 0.15) is 22.0 Å². The molecule has 0 spiro atoms. The smallest absolute Gasteiger partial charge is 0.130 e. The lowest BCUT2D eigenvalue weighted by molar-refractivity contribution is 0.531. The van der Waals surface area contributed by atoms with Crippen molar-refractivity contribution in [3.8, 4) is 0 Å². The number of aromatic nitrogens is 1. The van der Waals surface area contributed by atoms with Crippen molar-refractivity contribution < 1.29 is 4.39 Å². The summed E-state index contributed by atoms with van der Waals surface area (Å²) >= 11 is 1.60. The highest BCUT2D eigenvalue weighted by atomic mass is 32.1. The van der Waals surface area contributed by atoms with E-state index < -0.39 is 0 Å². The summed E-state index contributed by atoms with van der Waals surface area (Å²) in [5.74, 6) is -0.114. The third kappa shape index (κ3) is 2.70. The van der Waals surface area contributed by atoms with E-state index in [1.165, 1.54) is 0 Å². The molecule has 4 heteroatoms. The molecular weight excluding hydrogens is 235 g/mol. The first-order valence-electron chi connectivity index (χ1n) is 5.52. The molecule has 0 saturated heterocycles. The number of thiazole rings is 1. The van der Waals surface area contributed by atoms with Gasteiger partial charge in [0.2, 0.25) is 0 Å². The van der Waals surface area contributed by atoms with Gasteiger partial charge in [-0.2, -0.15) is 0 Å². The Morgan fingerprint density at radius 2 is 2.29 bits per heavy atom. The van der Waals surface area contributed by atoms with Gasteiger partial charge in [-0.1, -0.05) is 18.2 Å². The Labute approximate surface area is 105 Å². The van der Waals surface area contributed by atoms with Crippen molar-refractivity contribution in [3.05, 3.63) is 51.7 Å². The second kappa shape index (κ2) is 5.38. The van der Waals surface area contributed by atoms with Gasteiger partial charge in [-0.3, -0.25) is 4.98 Å². The molecule has 17 heavy (non-hydrogen) atoms. The quantitative estimate of drug-likeness (QED) is 0.902. The number of nitrogens with zero attached hydrogens (tertiary/aromatic N) is 1. The van der Waals surface area contributed by atoms with Crippen molar-refractivity contribution >= 4 is 11.3 Å². The minimum absolute atomic E-state index is 0.00431. The van der Waals surface area contributed by atoms with Gasteiger partial charge in [0.1, 0.15) is 5.82 Å². The van der Waals surface area contributed by atoms with E-state index in [9.17, 15) is 4.39 Å². The Bertz CT molecular complexity index is 482. The molecule has 2 aromatic rings. The van der Waals surface area contributed by atoms with Gasteiger partial charge in [-0.25, -0.2) is 4.39 Å². The van der Waals surface area contributed by atoms with Crippen molar-refractivity contribution in [3.63, 3.8) is 0 Å². The zero-order valence-corrected chi connectivity index (χ0v) is 10.7. The van der Waals surface area contributed by atoms with Gasteiger partial charge < -0.3 is 5.32 Å². The average Bonchev–Trinajstić information content (AvgIpc) is 2.83. The van der Waals surface area contributed by atoms with E-state index in [0.717, 1.165) is 16.9 Å². The molecule has 1 atom stereocenters. The summed E-state index contributed by atoms with van der Waals surface area (Å²) in [6, 6.07) is 5.52. The SMILES string of the molecule is CNC(Cc1cncs1)c1cccc(C)c1F. The molecule has 1 aromatic carbocycles. The monoisotopic (exact) mass is 250 g/mol. The molecule has 90 valence electrons. The second-order valence-electron chi connectivity index (χ2n) is 3.99. The Morgan fingerprint density at radius 1 is 1.47 bits per heavy atom. The van der Waals surface area contributed by atoms with Gasteiger partial charge >= 0.3 is 0 Å². The van der Waals surface area contributed by atoms with Gasteiger partial charge in [0.15, 0.2) is 0 Å². The average molecular weight is 250 g/mol. The maximum Gasteiger partial charge on any atom is 0.130 e. The molecule has 2 rings (SSSR count). The van der Waals surface area contributed by atoms with Crippen LogP contribution in [0.3, 0.4) is 0 Å². The van der Waals surface area contributed by atoms with Gasteiger partial charge in [0.25, 0.3) is 0 Å². The number of likely N-dealkylation sites (N-methyl/N-ethyl adjacent to an activating group) is 1. The second-order valence-corrected chi connectivity index (χ2v) is 4.96. The van der Waals surface area contributed by atoms with Gasteiger partial charge in [0, 0.05) is 29.1 Å². The Balaban J connectivity index is 2.26. The van der Waals surface area contributed by atoms with Crippen LogP contribution in [0, 0.1) is 12.7 Å². The molecular formula is C13H15FN2S. The van der Waals surface area contributed by atoms with Crippen molar-refractivity contribution in [2.45, 2.75) is 19.4 Å². The lowest BCUT2D eigenvalue weighted by Crippen LogP contribution is -2.20. The van der Waals surface area contributed by atoms with E-state index >= 15 is 0 Å². The number of hydrogen-bond donors (Lipinski definition) is 1. The van der Waals surface area contributed by atoms with Crippen molar-refractivity contribution in [2.24, 2.45) is 0 Å². The lowest BCUT2D eigenvalue weighted by Gasteiger charge is -2.17. The standard InChI is InChI=1S/C13H15FN2S/c1-9-4-3-5-11(13(9)14)12(15-2)6-10-7-16-8-17-10/h3-5,7-8,12,15H,6H2,1-2H3. The molecule has 0 bridgehead atoms. The number of halogens is 1. The summed E-state index contributed by atoms with van der Waals surface area (Å²) in [4.78, 5) is 5.20. The number of hydrogen-bond acceptors (Lipinski definition) is 3. The van der Waals surface area contributed by atoms with Gasteiger partial charge in [0.05, 0.1) is 5.51 Å². The fraction of sp³-hybridized carbons (Fsp3) is 0.308. The maximum absolute atomic E-state index is 14.0. The molecule has 1 unspecified atom stereocenters. The Morgan fingerprint density at radius 3 is 2.94 bits per heavy atom. The molecule has 1 N–H and O–H groups in total. The van der Waals surface area contributed by atoms with Crippen LogP contribution >= 0.6 is 11.3 Å². The van der Waals surface area contributed by atoms with Crippen LogP contribution in [0.25, 0.3) is 0 Å². The zero-order chi connectivity index (χ0) is 12.3. The zero-order valence-electron chi connectivity index (χ0n) is 9.90. The van der Waals surface area contributed by atoms with Crippen LogP contribution in [0.5, 0.6) is 0 Å². The normalized spacial score (nSPS) is 12.6. The van der Waals surface area contributed by atoms with Crippen LogP contribution in [0.4, 0.5) is 4.39 Å². The Kier molecular flexibility index (Phi) is 3.86. The largest absolute Gasteiger partial charge is 0.313 e. The first kappa shape index (κ1) is 12.2. The van der Waals surface area contributed by atoms with Crippen molar-refractivity contribution in [2.75, 3.05) is 7.05 Å². The Hall–Kier alpha value is -1.26. The van der Waals surface area contributed by atoms with Gasteiger partial charge in [-0.05, 0) is 19.5 Å². The van der Waals surface area contributed by atoms with E-state index in [1.54, 1.807) is 29.8 Å². The van der Waals surface area contributed by atoms with Crippen LogP contribution < -0.4 is 5.32 Å². The van der Waals surface area contributed by atoms with E-state index in [-0.39, 0.29) is 11.9 Å². The van der Waals surface area contributed by atoms with Crippen molar-refractivity contribution in [1.82, 2.24) is 10.3 Å². The molecule has 0 fully saturated rings. The summed E-state index contributed by atoms with van der Waals surface area (Å²) in [6.07, 6.45) is 2.60. The minimum atomic E-state index is -0.114. The molecule has 0 aliphatic carbocycles. The van der Waals surface area contributed by atoms with Crippen LogP contribution in [0.2, 0.25) is 0 Å². The molecule has 0 saturated carbocycles. The van der Waals surface area contributed by atoms with E-state index in [0.29, 0.717) is 5.56 Å². The van der Waals surface area contributed by atoms with E-state index in [1.807, 2.05) is 25.4 Å². The van der Waals surface area contributed by atoms with Crippen LogP contribution in [0.15, 0.2) is 29.9 Å². The lowest BCUT2D eigenvalue weighted by atomic mass is 10.0.